The van der Waals surface area contributed by atoms with Crippen molar-refractivity contribution in [3.63, 3.8) is 0 Å². The van der Waals surface area contributed by atoms with Gasteiger partial charge in [0.05, 0.1) is 19.8 Å². The topological polar surface area (TPSA) is 105 Å². The van der Waals surface area contributed by atoms with Gasteiger partial charge >= 0.3 is 6.09 Å². The molecule has 1 fully saturated rings. The Bertz CT molecular complexity index is 393. The number of hydrogen-bond acceptors (Lipinski definition) is 6. The highest BCUT2D eigenvalue weighted by Gasteiger charge is 2.36. The van der Waals surface area contributed by atoms with Crippen LogP contribution in [0.3, 0.4) is 0 Å². The number of aliphatic hydroxyl groups is 1. The zero-order chi connectivity index (χ0) is 16.0. The number of amides is 2. The Balaban J connectivity index is 2.74. The van der Waals surface area contributed by atoms with E-state index in [0.29, 0.717) is 12.9 Å². The van der Waals surface area contributed by atoms with Crippen molar-refractivity contribution in [1.29, 1.82) is 0 Å². The fourth-order valence-corrected chi connectivity index (χ4v) is 1.76. The maximum atomic E-state index is 12.1. The predicted octanol–water partition coefficient (Wildman–Crippen LogP) is -0.702. The number of nitrogens with one attached hydrogen (secondary N) is 1. The Hall–Kier alpha value is -1.67. The van der Waals surface area contributed by atoms with Crippen molar-refractivity contribution in [2.24, 2.45) is 0 Å². The van der Waals surface area contributed by atoms with Gasteiger partial charge in [-0.05, 0) is 20.8 Å². The molecule has 21 heavy (non-hydrogen) atoms. The summed E-state index contributed by atoms with van der Waals surface area (Å²) in [6.45, 7) is 5.23. The van der Waals surface area contributed by atoms with Crippen molar-refractivity contribution in [1.82, 2.24) is 10.2 Å². The average Bonchev–Trinajstić information content (AvgIpc) is 2.42. The summed E-state index contributed by atoms with van der Waals surface area (Å²) in [5.74, 6) is -0.563. The highest BCUT2D eigenvalue weighted by Crippen LogP contribution is 2.14. The number of carbonyl (C=O) groups excluding carboxylic acids is 3. The largest absolute Gasteiger partial charge is 0.444 e. The molecule has 2 atom stereocenters. The SMILES string of the molecule is CC(C)(C)OC(=O)N1CCOCC1C(=O)N[C@H](C=O)CO. The third-order valence-corrected chi connectivity index (χ3v) is 2.75. The van der Waals surface area contributed by atoms with Gasteiger partial charge in [-0.25, -0.2) is 4.79 Å². The summed E-state index contributed by atoms with van der Waals surface area (Å²) < 4.78 is 10.4. The van der Waals surface area contributed by atoms with Crippen LogP contribution in [-0.2, 0) is 19.1 Å². The molecule has 0 aliphatic carbocycles. The second kappa shape index (κ2) is 7.37. The van der Waals surface area contributed by atoms with Gasteiger partial charge in [0.25, 0.3) is 0 Å². The first-order valence-electron chi connectivity index (χ1n) is 6.72. The number of rotatable bonds is 4. The van der Waals surface area contributed by atoms with E-state index >= 15 is 0 Å². The molecular weight excluding hydrogens is 280 g/mol. The maximum Gasteiger partial charge on any atom is 0.411 e. The van der Waals surface area contributed by atoms with Crippen molar-refractivity contribution in [2.75, 3.05) is 26.4 Å². The molecule has 8 heteroatoms. The Morgan fingerprint density at radius 1 is 1.52 bits per heavy atom. The summed E-state index contributed by atoms with van der Waals surface area (Å²) in [7, 11) is 0. The highest BCUT2D eigenvalue weighted by molar-refractivity contribution is 5.88. The van der Waals surface area contributed by atoms with Gasteiger partial charge < -0.3 is 24.7 Å². The Labute approximate surface area is 123 Å². The molecule has 2 N–H and O–H groups in total. The van der Waals surface area contributed by atoms with E-state index in [1.807, 2.05) is 0 Å². The molecule has 0 saturated carbocycles. The normalized spacial score (nSPS) is 20.6. The van der Waals surface area contributed by atoms with E-state index in [4.69, 9.17) is 14.6 Å². The van der Waals surface area contributed by atoms with Crippen molar-refractivity contribution in [3.05, 3.63) is 0 Å². The Kier molecular flexibility index (Phi) is 6.10. The zero-order valence-corrected chi connectivity index (χ0v) is 12.5. The van der Waals surface area contributed by atoms with Gasteiger partial charge in [0.2, 0.25) is 5.91 Å². The molecule has 0 aromatic heterocycles. The predicted molar refractivity (Wildman–Crippen MR) is 72.6 cm³/mol. The molecule has 0 bridgehead atoms. The number of carbonyl (C=O) groups is 3. The number of ether oxygens (including phenoxy) is 2. The minimum atomic E-state index is -1.00. The number of aldehydes is 1. The molecule has 1 heterocycles. The summed E-state index contributed by atoms with van der Waals surface area (Å²) in [6, 6.07) is -1.89. The van der Waals surface area contributed by atoms with Crippen molar-refractivity contribution in [3.8, 4) is 0 Å². The Morgan fingerprint density at radius 2 is 2.19 bits per heavy atom. The lowest BCUT2D eigenvalue weighted by Crippen LogP contribution is -2.58. The lowest BCUT2D eigenvalue weighted by molar-refractivity contribution is -0.134. The summed E-state index contributed by atoms with van der Waals surface area (Å²) in [5.41, 5.74) is -0.674. The van der Waals surface area contributed by atoms with Gasteiger partial charge in [-0.15, -0.1) is 0 Å². The van der Waals surface area contributed by atoms with Crippen LogP contribution in [0.2, 0.25) is 0 Å². The number of hydrogen-bond donors (Lipinski definition) is 2. The summed E-state index contributed by atoms with van der Waals surface area (Å²) in [4.78, 5) is 36.1. The van der Waals surface area contributed by atoms with Gasteiger partial charge in [0.15, 0.2) is 0 Å². The molecule has 0 radical (unpaired) electrons. The quantitative estimate of drug-likeness (QED) is 0.665. The molecular formula is C13H22N2O6. The van der Waals surface area contributed by atoms with E-state index in [9.17, 15) is 14.4 Å². The maximum absolute atomic E-state index is 12.1. The van der Waals surface area contributed by atoms with Crippen LogP contribution in [0.15, 0.2) is 0 Å². The molecule has 8 nitrogen and oxygen atoms in total. The van der Waals surface area contributed by atoms with Crippen LogP contribution in [-0.4, -0.2) is 72.3 Å². The fourth-order valence-electron chi connectivity index (χ4n) is 1.76. The zero-order valence-electron chi connectivity index (χ0n) is 12.5. The van der Waals surface area contributed by atoms with Crippen LogP contribution in [0.4, 0.5) is 4.79 Å². The minimum Gasteiger partial charge on any atom is -0.444 e. The van der Waals surface area contributed by atoms with Gasteiger partial charge in [-0.3, -0.25) is 9.69 Å². The molecule has 0 aromatic carbocycles. The number of morpholine rings is 1. The number of aliphatic hydroxyl groups excluding tert-OH is 1. The van der Waals surface area contributed by atoms with E-state index in [1.54, 1.807) is 20.8 Å². The lowest BCUT2D eigenvalue weighted by Gasteiger charge is -2.35. The first-order chi connectivity index (χ1) is 9.78. The van der Waals surface area contributed by atoms with Gasteiger partial charge in [0, 0.05) is 6.54 Å². The first kappa shape index (κ1) is 17.4. The number of nitrogens with zero attached hydrogens (tertiary/aromatic N) is 1. The van der Waals surface area contributed by atoms with Gasteiger partial charge in [0.1, 0.15) is 24.0 Å². The van der Waals surface area contributed by atoms with Gasteiger partial charge in [-0.2, -0.15) is 0 Å². The van der Waals surface area contributed by atoms with Crippen molar-refractivity contribution >= 4 is 18.3 Å². The molecule has 1 saturated heterocycles. The molecule has 1 aliphatic rings. The summed E-state index contributed by atoms with van der Waals surface area (Å²) in [6.07, 6.45) is -0.183. The minimum absolute atomic E-state index is 0.0160. The molecule has 1 aliphatic heterocycles. The summed E-state index contributed by atoms with van der Waals surface area (Å²) >= 11 is 0. The Morgan fingerprint density at radius 3 is 2.71 bits per heavy atom. The van der Waals surface area contributed by atoms with E-state index < -0.39 is 36.3 Å². The average molecular weight is 302 g/mol. The van der Waals surface area contributed by atoms with Crippen LogP contribution in [0.1, 0.15) is 20.8 Å². The second-order valence-electron chi connectivity index (χ2n) is 5.70. The molecule has 120 valence electrons. The van der Waals surface area contributed by atoms with E-state index in [-0.39, 0.29) is 13.2 Å². The molecule has 2 amide bonds. The summed E-state index contributed by atoms with van der Waals surface area (Å²) in [5, 5.41) is 11.3. The molecule has 1 rings (SSSR count). The standard InChI is InChI=1S/C13H22N2O6/c1-13(2,3)21-12(19)15-4-5-20-8-10(15)11(18)14-9(6-16)7-17/h6,9-10,17H,4-5,7-8H2,1-3H3,(H,14,18)/t9-,10?/m1/s1. The fraction of sp³-hybridized carbons (Fsp3) is 0.769. The van der Waals surface area contributed by atoms with Crippen molar-refractivity contribution < 1.29 is 29.0 Å². The first-order valence-corrected chi connectivity index (χ1v) is 6.72. The highest BCUT2D eigenvalue weighted by atomic mass is 16.6. The molecule has 1 unspecified atom stereocenters. The molecule has 0 spiro atoms. The van der Waals surface area contributed by atoms with E-state index in [0.717, 1.165) is 0 Å². The van der Waals surface area contributed by atoms with Crippen molar-refractivity contribution in [2.45, 2.75) is 38.5 Å². The van der Waals surface area contributed by atoms with Crippen LogP contribution >= 0.6 is 0 Å². The lowest BCUT2D eigenvalue weighted by atomic mass is 10.2. The third-order valence-electron chi connectivity index (χ3n) is 2.75. The van der Waals surface area contributed by atoms with E-state index in [1.165, 1.54) is 4.90 Å². The van der Waals surface area contributed by atoms with Crippen LogP contribution in [0.5, 0.6) is 0 Å². The smallest absolute Gasteiger partial charge is 0.411 e. The second-order valence-corrected chi connectivity index (χ2v) is 5.70. The van der Waals surface area contributed by atoms with Gasteiger partial charge in [-0.1, -0.05) is 0 Å². The third kappa shape index (κ3) is 5.31. The van der Waals surface area contributed by atoms with E-state index in [2.05, 4.69) is 5.32 Å². The van der Waals surface area contributed by atoms with Crippen LogP contribution < -0.4 is 5.32 Å². The van der Waals surface area contributed by atoms with Crippen LogP contribution in [0, 0.1) is 0 Å². The van der Waals surface area contributed by atoms with Crippen LogP contribution in [0.25, 0.3) is 0 Å². The molecule has 0 aromatic rings. The monoisotopic (exact) mass is 302 g/mol.